The van der Waals surface area contributed by atoms with Gasteiger partial charge in [-0.25, -0.2) is 0 Å². The standard InChI is InChI=1S/C21H24Cl2N2O2/c1-3-19(21(27)24-4-2)25(14-15-9-11-17(22)12-10-15)20(26)13-16-7-5-6-8-18(16)23/h5-12,19H,3-4,13-14H2,1-2H3,(H,24,27)/t19-/m0/s1. The first-order valence-corrected chi connectivity index (χ1v) is 9.76. The molecule has 1 atom stereocenters. The highest BCUT2D eigenvalue weighted by Crippen LogP contribution is 2.20. The molecule has 144 valence electrons. The highest BCUT2D eigenvalue weighted by molar-refractivity contribution is 6.31. The molecule has 0 heterocycles. The highest BCUT2D eigenvalue weighted by atomic mass is 35.5. The van der Waals surface area contributed by atoms with E-state index in [1.807, 2.05) is 44.2 Å². The van der Waals surface area contributed by atoms with Crippen LogP contribution in [0, 0.1) is 0 Å². The van der Waals surface area contributed by atoms with Crippen LogP contribution in [-0.2, 0) is 22.6 Å². The van der Waals surface area contributed by atoms with Gasteiger partial charge in [0.15, 0.2) is 0 Å². The van der Waals surface area contributed by atoms with Crippen LogP contribution in [0.25, 0.3) is 0 Å². The predicted octanol–water partition coefficient (Wildman–Crippen LogP) is 4.48. The second kappa shape index (κ2) is 10.3. The van der Waals surface area contributed by atoms with Crippen LogP contribution < -0.4 is 5.32 Å². The van der Waals surface area contributed by atoms with Crippen LogP contribution in [-0.4, -0.2) is 29.3 Å². The number of hydrogen-bond acceptors (Lipinski definition) is 2. The summed E-state index contributed by atoms with van der Waals surface area (Å²) in [6.45, 7) is 4.61. The lowest BCUT2D eigenvalue weighted by molar-refractivity contribution is -0.140. The molecular weight excluding hydrogens is 383 g/mol. The fourth-order valence-electron chi connectivity index (χ4n) is 2.90. The van der Waals surface area contributed by atoms with Crippen molar-refractivity contribution in [3.63, 3.8) is 0 Å². The Hall–Kier alpha value is -2.04. The predicted molar refractivity (Wildman–Crippen MR) is 110 cm³/mol. The summed E-state index contributed by atoms with van der Waals surface area (Å²) in [5, 5.41) is 4.00. The second-order valence-corrected chi connectivity index (χ2v) is 7.08. The third kappa shape index (κ3) is 5.98. The molecule has 0 aliphatic heterocycles. The summed E-state index contributed by atoms with van der Waals surface area (Å²) in [6, 6.07) is 14.0. The smallest absolute Gasteiger partial charge is 0.242 e. The van der Waals surface area contributed by atoms with Gasteiger partial charge in [0.1, 0.15) is 6.04 Å². The third-order valence-corrected chi connectivity index (χ3v) is 4.92. The van der Waals surface area contributed by atoms with Crippen molar-refractivity contribution in [3.05, 3.63) is 69.7 Å². The number of nitrogens with one attached hydrogen (secondary N) is 1. The quantitative estimate of drug-likeness (QED) is 0.702. The summed E-state index contributed by atoms with van der Waals surface area (Å²) in [6.07, 6.45) is 0.664. The molecule has 0 aliphatic rings. The zero-order valence-corrected chi connectivity index (χ0v) is 17.1. The molecule has 0 aromatic heterocycles. The minimum absolute atomic E-state index is 0.142. The summed E-state index contributed by atoms with van der Waals surface area (Å²) in [5.41, 5.74) is 1.66. The van der Waals surface area contributed by atoms with Crippen molar-refractivity contribution in [2.75, 3.05) is 6.54 Å². The van der Waals surface area contributed by atoms with Crippen molar-refractivity contribution in [2.24, 2.45) is 0 Å². The van der Waals surface area contributed by atoms with Crippen LogP contribution in [0.4, 0.5) is 0 Å². The Morgan fingerprint density at radius 1 is 1.04 bits per heavy atom. The van der Waals surface area contributed by atoms with Crippen LogP contribution in [0.1, 0.15) is 31.4 Å². The maximum Gasteiger partial charge on any atom is 0.242 e. The molecule has 2 rings (SSSR count). The fraction of sp³-hybridized carbons (Fsp3) is 0.333. The molecule has 4 nitrogen and oxygen atoms in total. The summed E-state index contributed by atoms with van der Waals surface area (Å²) in [5.74, 6) is -0.294. The number of hydrogen-bond donors (Lipinski definition) is 1. The molecule has 27 heavy (non-hydrogen) atoms. The lowest BCUT2D eigenvalue weighted by atomic mass is 10.1. The molecule has 1 N–H and O–H groups in total. The van der Waals surface area contributed by atoms with E-state index in [9.17, 15) is 9.59 Å². The Bertz CT molecular complexity index is 778. The third-order valence-electron chi connectivity index (χ3n) is 4.30. The Morgan fingerprint density at radius 2 is 1.70 bits per heavy atom. The maximum atomic E-state index is 13.1. The summed E-state index contributed by atoms with van der Waals surface area (Å²) >= 11 is 12.2. The first kappa shape index (κ1) is 21.3. The molecule has 0 spiro atoms. The van der Waals surface area contributed by atoms with E-state index >= 15 is 0 Å². The van der Waals surface area contributed by atoms with Crippen molar-refractivity contribution >= 4 is 35.0 Å². The molecule has 2 aromatic rings. The highest BCUT2D eigenvalue weighted by Gasteiger charge is 2.28. The van der Waals surface area contributed by atoms with Crippen LogP contribution >= 0.6 is 23.2 Å². The van der Waals surface area contributed by atoms with Gasteiger partial charge in [-0.05, 0) is 42.7 Å². The topological polar surface area (TPSA) is 49.4 Å². The van der Waals surface area contributed by atoms with E-state index in [0.717, 1.165) is 11.1 Å². The molecule has 0 aliphatic carbocycles. The van der Waals surface area contributed by atoms with E-state index in [2.05, 4.69) is 5.32 Å². The van der Waals surface area contributed by atoms with Crippen molar-refractivity contribution < 1.29 is 9.59 Å². The lowest BCUT2D eigenvalue weighted by Crippen LogP contribution is -2.49. The number of benzene rings is 2. The molecule has 2 amide bonds. The van der Waals surface area contributed by atoms with E-state index in [4.69, 9.17) is 23.2 Å². The first-order chi connectivity index (χ1) is 13.0. The summed E-state index contributed by atoms with van der Waals surface area (Å²) in [4.78, 5) is 27.3. The van der Waals surface area contributed by atoms with E-state index in [-0.39, 0.29) is 18.2 Å². The molecule has 2 aromatic carbocycles. The van der Waals surface area contributed by atoms with Crippen molar-refractivity contribution in [1.29, 1.82) is 0 Å². The maximum absolute atomic E-state index is 13.1. The van der Waals surface area contributed by atoms with Crippen molar-refractivity contribution in [2.45, 2.75) is 39.3 Å². The fourth-order valence-corrected chi connectivity index (χ4v) is 3.23. The van der Waals surface area contributed by atoms with Crippen LogP contribution in [0.2, 0.25) is 10.0 Å². The van der Waals surface area contributed by atoms with Gasteiger partial charge in [0, 0.05) is 23.1 Å². The monoisotopic (exact) mass is 406 g/mol. The van der Waals surface area contributed by atoms with Gasteiger partial charge in [-0.1, -0.05) is 60.5 Å². The molecule has 0 radical (unpaired) electrons. The number of nitrogens with zero attached hydrogens (tertiary/aromatic N) is 1. The van der Waals surface area contributed by atoms with Gasteiger partial charge in [0.05, 0.1) is 6.42 Å². The van der Waals surface area contributed by atoms with Crippen LogP contribution in [0.5, 0.6) is 0 Å². The lowest BCUT2D eigenvalue weighted by Gasteiger charge is -2.30. The normalized spacial score (nSPS) is 11.7. The summed E-state index contributed by atoms with van der Waals surface area (Å²) < 4.78 is 0. The molecular formula is C21H24Cl2N2O2. The van der Waals surface area contributed by atoms with Gasteiger partial charge in [0.2, 0.25) is 11.8 Å². The average Bonchev–Trinajstić information content (AvgIpc) is 2.65. The Kier molecular flexibility index (Phi) is 8.14. The van der Waals surface area contributed by atoms with Gasteiger partial charge >= 0.3 is 0 Å². The van der Waals surface area contributed by atoms with Gasteiger partial charge in [0.25, 0.3) is 0 Å². The molecule has 0 unspecified atom stereocenters. The van der Waals surface area contributed by atoms with E-state index in [1.165, 1.54) is 0 Å². The van der Waals surface area contributed by atoms with Gasteiger partial charge in [-0.3, -0.25) is 9.59 Å². The zero-order valence-electron chi connectivity index (χ0n) is 15.5. The van der Waals surface area contributed by atoms with Crippen molar-refractivity contribution in [3.8, 4) is 0 Å². The Morgan fingerprint density at radius 3 is 2.30 bits per heavy atom. The second-order valence-electron chi connectivity index (χ2n) is 6.23. The van der Waals surface area contributed by atoms with Crippen molar-refractivity contribution in [1.82, 2.24) is 10.2 Å². The van der Waals surface area contributed by atoms with Crippen LogP contribution in [0.15, 0.2) is 48.5 Å². The number of amides is 2. The zero-order chi connectivity index (χ0) is 19.8. The largest absolute Gasteiger partial charge is 0.355 e. The van der Waals surface area contributed by atoms with E-state index in [1.54, 1.807) is 23.1 Å². The molecule has 0 bridgehead atoms. The number of rotatable bonds is 8. The summed E-state index contributed by atoms with van der Waals surface area (Å²) in [7, 11) is 0. The SMILES string of the molecule is CCNC(=O)[C@H](CC)N(Cc1ccc(Cl)cc1)C(=O)Cc1ccccc1Cl. The molecule has 0 fully saturated rings. The van der Waals surface area contributed by atoms with Gasteiger partial charge in [-0.2, -0.15) is 0 Å². The van der Waals surface area contributed by atoms with Crippen LogP contribution in [0.3, 0.4) is 0 Å². The number of halogens is 2. The molecule has 0 saturated carbocycles. The number of likely N-dealkylation sites (N-methyl/N-ethyl adjacent to an activating group) is 1. The molecule has 0 saturated heterocycles. The van der Waals surface area contributed by atoms with E-state index in [0.29, 0.717) is 29.6 Å². The van der Waals surface area contributed by atoms with Gasteiger partial charge < -0.3 is 10.2 Å². The minimum atomic E-state index is -0.546. The number of carbonyl (C=O) groups excluding carboxylic acids is 2. The minimum Gasteiger partial charge on any atom is -0.355 e. The van der Waals surface area contributed by atoms with E-state index < -0.39 is 6.04 Å². The average molecular weight is 407 g/mol. The first-order valence-electron chi connectivity index (χ1n) is 9.01. The Balaban J connectivity index is 2.29. The molecule has 6 heteroatoms. The number of carbonyl (C=O) groups is 2. The Labute approximate surface area is 170 Å². The van der Waals surface area contributed by atoms with Gasteiger partial charge in [-0.15, -0.1) is 0 Å².